The Kier molecular flexibility index (Phi) is 4.68. The maximum atomic E-state index is 5.85. The smallest absolute Gasteiger partial charge is 0.111 e. The summed E-state index contributed by atoms with van der Waals surface area (Å²) in [5.41, 5.74) is 2.57. The van der Waals surface area contributed by atoms with Crippen LogP contribution in [0.4, 0.5) is 0 Å². The predicted molar refractivity (Wildman–Crippen MR) is 83.3 cm³/mol. The van der Waals surface area contributed by atoms with E-state index in [1.165, 1.54) is 11.3 Å². The van der Waals surface area contributed by atoms with Gasteiger partial charge in [0.05, 0.1) is 24.8 Å². The Morgan fingerprint density at radius 2 is 2.24 bits per heavy atom. The molecule has 1 aliphatic rings. The molecule has 4 nitrogen and oxygen atoms in total. The Labute approximate surface area is 126 Å². The molecule has 1 saturated heterocycles. The highest BCUT2D eigenvalue weighted by Gasteiger charge is 2.21. The number of benzene rings is 1. The second kappa shape index (κ2) is 6.87. The minimum Gasteiger partial charge on any atom is -0.369 e. The molecule has 1 N–H and O–H groups in total. The number of nitrogens with one attached hydrogen (secondary N) is 1. The molecule has 0 spiro atoms. The number of hydrogen-bond donors (Lipinski definition) is 1. The average Bonchev–Trinajstić information content (AvgIpc) is 3.04. The van der Waals surface area contributed by atoms with Gasteiger partial charge in [0.1, 0.15) is 6.10 Å². The quantitative estimate of drug-likeness (QED) is 0.918. The third-order valence-corrected chi connectivity index (χ3v) is 4.12. The van der Waals surface area contributed by atoms with Crippen LogP contribution in [0, 0.1) is 0 Å². The molecular weight excluding hydrogens is 262 g/mol. The number of hydrogen-bond acceptors (Lipinski definition) is 3. The SMILES string of the molecule is CC(CCc1ccccc1)n1cncc1C1CNCCO1. The maximum Gasteiger partial charge on any atom is 0.111 e. The van der Waals surface area contributed by atoms with Crippen LogP contribution in [-0.4, -0.2) is 29.2 Å². The van der Waals surface area contributed by atoms with Crippen molar-refractivity contribution < 1.29 is 4.74 Å². The number of aryl methyl sites for hydroxylation is 1. The fourth-order valence-corrected chi connectivity index (χ4v) is 2.85. The van der Waals surface area contributed by atoms with Crippen LogP contribution in [0.25, 0.3) is 0 Å². The van der Waals surface area contributed by atoms with E-state index >= 15 is 0 Å². The molecule has 0 radical (unpaired) electrons. The van der Waals surface area contributed by atoms with Gasteiger partial charge in [0.2, 0.25) is 0 Å². The lowest BCUT2D eigenvalue weighted by molar-refractivity contribution is 0.0220. The third-order valence-electron chi connectivity index (χ3n) is 4.12. The standard InChI is InChI=1S/C17H23N3O/c1-14(7-8-15-5-3-2-4-6-15)20-13-19-11-16(20)17-12-18-9-10-21-17/h2-6,11,13-14,17-18H,7-10,12H2,1H3. The molecule has 21 heavy (non-hydrogen) atoms. The van der Waals surface area contributed by atoms with Crippen LogP contribution in [0.15, 0.2) is 42.9 Å². The van der Waals surface area contributed by atoms with E-state index in [1.807, 2.05) is 12.5 Å². The van der Waals surface area contributed by atoms with Crippen molar-refractivity contribution in [3.63, 3.8) is 0 Å². The van der Waals surface area contributed by atoms with Crippen molar-refractivity contribution in [3.8, 4) is 0 Å². The number of morpholine rings is 1. The number of nitrogens with zero attached hydrogens (tertiary/aromatic N) is 2. The number of aromatic nitrogens is 2. The second-order valence-corrected chi connectivity index (χ2v) is 5.66. The lowest BCUT2D eigenvalue weighted by Crippen LogP contribution is -2.34. The zero-order chi connectivity index (χ0) is 14.5. The molecule has 0 saturated carbocycles. The van der Waals surface area contributed by atoms with Crippen molar-refractivity contribution >= 4 is 0 Å². The first kappa shape index (κ1) is 14.3. The van der Waals surface area contributed by atoms with E-state index in [0.29, 0.717) is 6.04 Å². The van der Waals surface area contributed by atoms with Gasteiger partial charge < -0.3 is 14.6 Å². The molecule has 4 heteroatoms. The molecule has 3 rings (SSSR count). The lowest BCUT2D eigenvalue weighted by atomic mass is 10.1. The molecule has 112 valence electrons. The number of imidazole rings is 1. The van der Waals surface area contributed by atoms with Crippen molar-refractivity contribution in [2.75, 3.05) is 19.7 Å². The zero-order valence-electron chi connectivity index (χ0n) is 12.5. The topological polar surface area (TPSA) is 39.1 Å². The van der Waals surface area contributed by atoms with Gasteiger partial charge in [-0.15, -0.1) is 0 Å². The monoisotopic (exact) mass is 285 g/mol. The summed E-state index contributed by atoms with van der Waals surface area (Å²) in [7, 11) is 0. The van der Waals surface area contributed by atoms with Crippen LogP contribution in [0.3, 0.4) is 0 Å². The van der Waals surface area contributed by atoms with Crippen LogP contribution in [0.1, 0.15) is 36.7 Å². The highest BCUT2D eigenvalue weighted by molar-refractivity contribution is 5.15. The van der Waals surface area contributed by atoms with Crippen molar-refractivity contribution in [1.29, 1.82) is 0 Å². The van der Waals surface area contributed by atoms with E-state index in [-0.39, 0.29) is 6.10 Å². The van der Waals surface area contributed by atoms with Crippen molar-refractivity contribution in [2.24, 2.45) is 0 Å². The van der Waals surface area contributed by atoms with Gasteiger partial charge in [-0.3, -0.25) is 0 Å². The van der Waals surface area contributed by atoms with Gasteiger partial charge in [-0.2, -0.15) is 0 Å². The second-order valence-electron chi connectivity index (χ2n) is 5.66. The van der Waals surface area contributed by atoms with Crippen molar-refractivity contribution in [2.45, 2.75) is 31.9 Å². The minimum absolute atomic E-state index is 0.125. The normalized spacial score (nSPS) is 20.3. The first-order valence-corrected chi connectivity index (χ1v) is 7.72. The van der Waals surface area contributed by atoms with E-state index in [1.54, 1.807) is 0 Å². The minimum atomic E-state index is 0.125. The molecule has 1 aromatic carbocycles. The molecule has 2 atom stereocenters. The van der Waals surface area contributed by atoms with Gasteiger partial charge in [0, 0.05) is 19.1 Å². The maximum absolute atomic E-state index is 5.85. The molecule has 1 fully saturated rings. The summed E-state index contributed by atoms with van der Waals surface area (Å²) in [5, 5.41) is 3.38. The first-order chi connectivity index (χ1) is 10.3. The fraction of sp³-hybridized carbons (Fsp3) is 0.471. The van der Waals surface area contributed by atoms with Crippen LogP contribution in [0.5, 0.6) is 0 Å². The van der Waals surface area contributed by atoms with Crippen LogP contribution in [-0.2, 0) is 11.2 Å². The summed E-state index contributed by atoms with van der Waals surface area (Å²) >= 11 is 0. The molecule has 2 aromatic rings. The van der Waals surface area contributed by atoms with Gasteiger partial charge in [0.25, 0.3) is 0 Å². The summed E-state index contributed by atoms with van der Waals surface area (Å²) in [6.07, 6.45) is 6.19. The van der Waals surface area contributed by atoms with Crippen molar-refractivity contribution in [1.82, 2.24) is 14.9 Å². The van der Waals surface area contributed by atoms with Gasteiger partial charge in [-0.1, -0.05) is 30.3 Å². The van der Waals surface area contributed by atoms with Crippen LogP contribution in [0.2, 0.25) is 0 Å². The van der Waals surface area contributed by atoms with Gasteiger partial charge in [-0.25, -0.2) is 4.98 Å². The van der Waals surface area contributed by atoms with Crippen LogP contribution >= 0.6 is 0 Å². The average molecular weight is 285 g/mol. The molecule has 2 heterocycles. The zero-order valence-corrected chi connectivity index (χ0v) is 12.5. The fourth-order valence-electron chi connectivity index (χ4n) is 2.85. The highest BCUT2D eigenvalue weighted by Crippen LogP contribution is 2.24. The molecule has 0 aliphatic carbocycles. The summed E-state index contributed by atoms with van der Waals surface area (Å²) < 4.78 is 8.12. The number of ether oxygens (including phenoxy) is 1. The summed E-state index contributed by atoms with van der Waals surface area (Å²) in [6.45, 7) is 4.84. The third kappa shape index (κ3) is 3.52. The van der Waals surface area contributed by atoms with Gasteiger partial charge in [0.15, 0.2) is 0 Å². The first-order valence-electron chi connectivity index (χ1n) is 7.72. The molecule has 0 bridgehead atoms. The van der Waals surface area contributed by atoms with Crippen LogP contribution < -0.4 is 5.32 Å². The Balaban J connectivity index is 1.64. The molecule has 0 amide bonds. The van der Waals surface area contributed by atoms with E-state index in [9.17, 15) is 0 Å². The highest BCUT2D eigenvalue weighted by atomic mass is 16.5. The summed E-state index contributed by atoms with van der Waals surface area (Å²) in [6, 6.07) is 11.1. The Morgan fingerprint density at radius 1 is 1.38 bits per heavy atom. The van der Waals surface area contributed by atoms with E-state index < -0.39 is 0 Å². The summed E-state index contributed by atoms with van der Waals surface area (Å²) in [5.74, 6) is 0. The van der Waals surface area contributed by atoms with Gasteiger partial charge >= 0.3 is 0 Å². The Bertz CT molecular complexity index is 546. The van der Waals surface area contributed by atoms with Crippen molar-refractivity contribution in [3.05, 3.63) is 54.1 Å². The number of rotatable bonds is 5. The molecule has 1 aliphatic heterocycles. The van der Waals surface area contributed by atoms with E-state index in [2.05, 4.69) is 52.1 Å². The van der Waals surface area contributed by atoms with E-state index in [0.717, 1.165) is 32.5 Å². The summed E-state index contributed by atoms with van der Waals surface area (Å²) in [4.78, 5) is 4.33. The largest absolute Gasteiger partial charge is 0.369 e. The molecule has 2 unspecified atom stereocenters. The predicted octanol–water partition coefficient (Wildman–Crippen LogP) is 2.74. The van der Waals surface area contributed by atoms with Gasteiger partial charge in [-0.05, 0) is 25.3 Å². The Morgan fingerprint density at radius 3 is 3.00 bits per heavy atom. The van der Waals surface area contributed by atoms with E-state index in [4.69, 9.17) is 4.74 Å². The Hall–Kier alpha value is -1.65. The lowest BCUT2D eigenvalue weighted by Gasteiger charge is -2.26. The molecule has 1 aromatic heterocycles. The molecular formula is C17H23N3O.